The largest absolute Gasteiger partial charge is 0.417 e. The molecule has 0 bridgehead atoms. The Hall–Kier alpha value is -1.51. The van der Waals surface area contributed by atoms with Gasteiger partial charge in [0.2, 0.25) is 0 Å². The lowest BCUT2D eigenvalue weighted by atomic mass is 9.93. The maximum Gasteiger partial charge on any atom is 0.417 e. The molecule has 0 saturated heterocycles. The minimum atomic E-state index is -0.404. The van der Waals surface area contributed by atoms with Crippen LogP contribution in [0.4, 0.5) is 0 Å². The van der Waals surface area contributed by atoms with E-state index < -0.39 is 5.76 Å². The first kappa shape index (κ1) is 8.10. The van der Waals surface area contributed by atoms with Crippen molar-refractivity contribution in [2.75, 3.05) is 0 Å². The number of oxazole rings is 1. The van der Waals surface area contributed by atoms with Gasteiger partial charge in [0.1, 0.15) is 0 Å². The quantitative estimate of drug-likeness (QED) is 0.659. The molecule has 2 rings (SSSR count). The third-order valence-electron chi connectivity index (χ3n) is 2.05. The summed E-state index contributed by atoms with van der Waals surface area (Å²) in [6.45, 7) is 4.17. The number of aromatic nitrogens is 1. The van der Waals surface area contributed by atoms with E-state index in [-0.39, 0.29) is 5.41 Å². The van der Waals surface area contributed by atoms with E-state index in [1.807, 2.05) is 24.3 Å². The molecule has 1 aliphatic carbocycles. The van der Waals surface area contributed by atoms with Crippen LogP contribution >= 0.6 is 0 Å². The summed E-state index contributed by atoms with van der Waals surface area (Å²) >= 11 is 0. The average molecular weight is 177 g/mol. The van der Waals surface area contributed by atoms with E-state index in [9.17, 15) is 4.79 Å². The zero-order valence-electron chi connectivity index (χ0n) is 7.63. The summed E-state index contributed by atoms with van der Waals surface area (Å²) in [5.41, 5.74) is 0.755. The van der Waals surface area contributed by atoms with E-state index in [4.69, 9.17) is 4.42 Å². The van der Waals surface area contributed by atoms with Gasteiger partial charge < -0.3 is 4.42 Å². The molecule has 0 unspecified atom stereocenters. The molecule has 1 N–H and O–H groups in total. The maximum atomic E-state index is 10.8. The lowest BCUT2D eigenvalue weighted by molar-refractivity contribution is 0.506. The molecule has 0 saturated carbocycles. The van der Waals surface area contributed by atoms with E-state index in [2.05, 4.69) is 18.8 Å². The van der Waals surface area contributed by atoms with Gasteiger partial charge in [0.05, 0.1) is 5.69 Å². The number of allylic oxidation sites excluding steroid dienone is 2. The third kappa shape index (κ3) is 1.49. The van der Waals surface area contributed by atoms with Crippen molar-refractivity contribution >= 4 is 12.2 Å². The number of aromatic amines is 1. The molecule has 68 valence electrons. The summed E-state index contributed by atoms with van der Waals surface area (Å²) in [5.74, 6) is 0.200. The van der Waals surface area contributed by atoms with E-state index >= 15 is 0 Å². The predicted octanol–water partition coefficient (Wildman–Crippen LogP) is 2.03. The van der Waals surface area contributed by atoms with Crippen molar-refractivity contribution in [1.29, 1.82) is 0 Å². The zero-order valence-corrected chi connectivity index (χ0v) is 7.63. The summed E-state index contributed by atoms with van der Waals surface area (Å²) in [6.07, 6.45) is 7.74. The number of fused-ring (bicyclic) bond motifs is 1. The van der Waals surface area contributed by atoms with Crippen LogP contribution in [0.15, 0.2) is 21.4 Å². The number of rotatable bonds is 0. The van der Waals surface area contributed by atoms with Gasteiger partial charge in [0.25, 0.3) is 0 Å². The normalized spacial score (nSPS) is 18.3. The molecule has 0 aliphatic heterocycles. The Balaban J connectivity index is 2.56. The maximum absolute atomic E-state index is 10.8. The second kappa shape index (κ2) is 2.49. The van der Waals surface area contributed by atoms with Gasteiger partial charge in [-0.15, -0.1) is 0 Å². The van der Waals surface area contributed by atoms with Crippen LogP contribution in [0.2, 0.25) is 0 Å². The van der Waals surface area contributed by atoms with Crippen molar-refractivity contribution in [1.82, 2.24) is 4.98 Å². The molecule has 3 heteroatoms. The molecule has 3 nitrogen and oxygen atoms in total. The molecule has 0 aromatic carbocycles. The van der Waals surface area contributed by atoms with Crippen LogP contribution in [-0.2, 0) is 0 Å². The second-order valence-corrected chi connectivity index (χ2v) is 3.78. The standard InChI is InChI=1S/C10H11NO2/c1-10(2)5-3-7-8(4-6-10)13-9(12)11-7/h3-6H,1-2H3,(H,11,12). The van der Waals surface area contributed by atoms with Crippen LogP contribution in [-0.4, -0.2) is 4.98 Å². The first-order chi connectivity index (χ1) is 6.07. The fraction of sp³-hybridized carbons (Fsp3) is 0.300. The number of nitrogens with one attached hydrogen (secondary N) is 1. The molecular weight excluding hydrogens is 166 g/mol. The van der Waals surface area contributed by atoms with E-state index in [1.165, 1.54) is 0 Å². The van der Waals surface area contributed by atoms with Gasteiger partial charge in [-0.2, -0.15) is 0 Å². The van der Waals surface area contributed by atoms with Gasteiger partial charge in [-0.3, -0.25) is 4.98 Å². The molecule has 1 aromatic rings. The van der Waals surface area contributed by atoms with Gasteiger partial charge >= 0.3 is 5.76 Å². The van der Waals surface area contributed by atoms with Crippen LogP contribution in [0.3, 0.4) is 0 Å². The summed E-state index contributed by atoms with van der Waals surface area (Å²) < 4.78 is 4.93. The van der Waals surface area contributed by atoms with E-state index in [1.54, 1.807) is 0 Å². The lowest BCUT2D eigenvalue weighted by Crippen LogP contribution is -2.01. The van der Waals surface area contributed by atoms with Crippen LogP contribution in [0.1, 0.15) is 25.3 Å². The van der Waals surface area contributed by atoms with Crippen molar-refractivity contribution in [2.45, 2.75) is 13.8 Å². The highest BCUT2D eigenvalue weighted by molar-refractivity contribution is 5.62. The number of hydrogen-bond donors (Lipinski definition) is 1. The second-order valence-electron chi connectivity index (χ2n) is 3.78. The van der Waals surface area contributed by atoms with Gasteiger partial charge in [0.15, 0.2) is 5.76 Å². The Morgan fingerprint density at radius 2 is 2.00 bits per heavy atom. The van der Waals surface area contributed by atoms with Crippen molar-refractivity contribution in [2.24, 2.45) is 5.41 Å². The van der Waals surface area contributed by atoms with E-state index in [0.29, 0.717) is 5.76 Å². The lowest BCUT2D eigenvalue weighted by Gasteiger charge is -2.11. The molecule has 1 aromatic heterocycles. The zero-order chi connectivity index (χ0) is 9.47. The van der Waals surface area contributed by atoms with Crippen LogP contribution in [0.5, 0.6) is 0 Å². The van der Waals surface area contributed by atoms with Gasteiger partial charge in [-0.1, -0.05) is 26.0 Å². The topological polar surface area (TPSA) is 46.0 Å². The molecule has 0 atom stereocenters. The fourth-order valence-corrected chi connectivity index (χ4v) is 1.24. The average Bonchev–Trinajstić information content (AvgIpc) is 2.34. The first-order valence-electron chi connectivity index (χ1n) is 4.18. The monoisotopic (exact) mass is 177 g/mol. The Morgan fingerprint density at radius 1 is 1.31 bits per heavy atom. The van der Waals surface area contributed by atoms with Crippen LogP contribution in [0, 0.1) is 5.41 Å². The molecule has 13 heavy (non-hydrogen) atoms. The summed E-state index contributed by atoms with van der Waals surface area (Å²) in [7, 11) is 0. The summed E-state index contributed by atoms with van der Waals surface area (Å²) in [5, 5.41) is 0. The highest BCUT2D eigenvalue weighted by Crippen LogP contribution is 2.25. The number of H-pyrrole nitrogens is 1. The SMILES string of the molecule is CC1(C)C=Cc2[nH]c(=O)oc2C=C1. The highest BCUT2D eigenvalue weighted by Gasteiger charge is 2.14. The van der Waals surface area contributed by atoms with Crippen molar-refractivity contribution in [3.8, 4) is 0 Å². The van der Waals surface area contributed by atoms with Gasteiger partial charge in [-0.25, -0.2) is 4.79 Å². The molecule has 1 heterocycles. The summed E-state index contributed by atoms with van der Waals surface area (Å²) in [4.78, 5) is 13.5. The molecule has 1 aliphatic rings. The number of hydrogen-bond acceptors (Lipinski definition) is 2. The Labute approximate surface area is 75.8 Å². The van der Waals surface area contributed by atoms with Crippen LogP contribution < -0.4 is 5.76 Å². The van der Waals surface area contributed by atoms with Crippen molar-refractivity contribution in [3.05, 3.63) is 34.2 Å². The third-order valence-corrected chi connectivity index (χ3v) is 2.05. The molecule has 0 fully saturated rings. The minimum Gasteiger partial charge on any atom is -0.408 e. The predicted molar refractivity (Wildman–Crippen MR) is 51.2 cm³/mol. The van der Waals surface area contributed by atoms with Crippen molar-refractivity contribution in [3.63, 3.8) is 0 Å². The molecule has 0 amide bonds. The molecule has 0 spiro atoms. The smallest absolute Gasteiger partial charge is 0.408 e. The Kier molecular flexibility index (Phi) is 1.55. The molecular formula is C10H11NO2. The highest BCUT2D eigenvalue weighted by atomic mass is 16.4. The first-order valence-corrected chi connectivity index (χ1v) is 4.18. The molecule has 0 radical (unpaired) electrons. The van der Waals surface area contributed by atoms with Crippen LogP contribution in [0.25, 0.3) is 12.2 Å². The minimum absolute atomic E-state index is 0.0123. The van der Waals surface area contributed by atoms with Crippen molar-refractivity contribution < 1.29 is 4.42 Å². The summed E-state index contributed by atoms with van der Waals surface area (Å²) in [6, 6.07) is 0. The fourth-order valence-electron chi connectivity index (χ4n) is 1.24. The van der Waals surface area contributed by atoms with E-state index in [0.717, 1.165) is 5.69 Å². The Bertz CT molecular complexity index is 396. The Morgan fingerprint density at radius 3 is 2.77 bits per heavy atom. The van der Waals surface area contributed by atoms with Gasteiger partial charge in [-0.05, 0) is 12.2 Å². The van der Waals surface area contributed by atoms with Gasteiger partial charge in [0, 0.05) is 5.41 Å².